The Kier molecular flexibility index (Phi) is 5.15. The molecule has 2 heterocycles. The van der Waals surface area contributed by atoms with Crippen LogP contribution < -0.4 is 0 Å². The van der Waals surface area contributed by atoms with E-state index in [4.69, 9.17) is 14.3 Å². The van der Waals surface area contributed by atoms with Crippen molar-refractivity contribution >= 4 is 18.0 Å². The molecule has 26 heavy (non-hydrogen) atoms. The zero-order chi connectivity index (χ0) is 18.5. The molecular formula is C19H16N2O5. The van der Waals surface area contributed by atoms with E-state index in [1.165, 1.54) is 18.2 Å². The number of carbonyl (C=O) groups excluding carboxylic acids is 1. The van der Waals surface area contributed by atoms with Gasteiger partial charge < -0.3 is 19.2 Å². The van der Waals surface area contributed by atoms with E-state index in [1.807, 2.05) is 6.07 Å². The van der Waals surface area contributed by atoms with E-state index in [0.717, 1.165) is 0 Å². The van der Waals surface area contributed by atoms with Crippen molar-refractivity contribution < 1.29 is 23.8 Å². The van der Waals surface area contributed by atoms with Crippen LogP contribution in [0.5, 0.6) is 0 Å². The molecule has 0 saturated carbocycles. The van der Waals surface area contributed by atoms with Crippen molar-refractivity contribution in [3.8, 4) is 17.4 Å². The van der Waals surface area contributed by atoms with Crippen LogP contribution in [0.1, 0.15) is 16.1 Å². The minimum atomic E-state index is -1.03. The number of carbonyl (C=O) groups is 2. The lowest BCUT2D eigenvalue weighted by atomic mass is 10.1. The molecule has 1 amide bonds. The molecule has 1 aliphatic heterocycles. The minimum absolute atomic E-state index is 0.0212. The second-order valence-corrected chi connectivity index (χ2v) is 5.66. The average molecular weight is 352 g/mol. The highest BCUT2D eigenvalue weighted by atomic mass is 16.5. The van der Waals surface area contributed by atoms with E-state index in [-0.39, 0.29) is 17.0 Å². The number of benzene rings is 1. The summed E-state index contributed by atoms with van der Waals surface area (Å²) in [6.07, 6.45) is 1.39. The normalized spacial score (nSPS) is 14.7. The zero-order valence-corrected chi connectivity index (χ0v) is 13.8. The van der Waals surface area contributed by atoms with Crippen LogP contribution in [0.2, 0.25) is 0 Å². The van der Waals surface area contributed by atoms with Crippen molar-refractivity contribution in [3.63, 3.8) is 0 Å². The van der Waals surface area contributed by atoms with E-state index in [1.54, 1.807) is 29.2 Å². The fourth-order valence-corrected chi connectivity index (χ4v) is 2.61. The third-order valence-electron chi connectivity index (χ3n) is 3.96. The summed E-state index contributed by atoms with van der Waals surface area (Å²) in [6.45, 7) is 1.80. The maximum Gasteiger partial charge on any atom is 0.335 e. The molecule has 1 saturated heterocycles. The van der Waals surface area contributed by atoms with E-state index >= 15 is 0 Å². The van der Waals surface area contributed by atoms with E-state index in [9.17, 15) is 14.9 Å². The largest absolute Gasteiger partial charge is 0.478 e. The molecule has 132 valence electrons. The monoisotopic (exact) mass is 352 g/mol. The second-order valence-electron chi connectivity index (χ2n) is 5.66. The highest BCUT2D eigenvalue weighted by Gasteiger charge is 2.21. The molecule has 3 rings (SSSR count). The topological polar surface area (TPSA) is 104 Å². The molecule has 7 heteroatoms. The fraction of sp³-hybridized carbons (Fsp3) is 0.211. The summed E-state index contributed by atoms with van der Waals surface area (Å²) in [7, 11) is 0. The van der Waals surface area contributed by atoms with Gasteiger partial charge in [0.2, 0.25) is 0 Å². The Bertz CT molecular complexity index is 901. The highest BCUT2D eigenvalue weighted by Crippen LogP contribution is 2.24. The molecule has 1 aromatic heterocycles. The first-order valence-corrected chi connectivity index (χ1v) is 8.01. The van der Waals surface area contributed by atoms with Gasteiger partial charge in [-0.3, -0.25) is 4.79 Å². The number of morpholine rings is 1. The molecule has 0 radical (unpaired) electrons. The number of hydrogen-bond donors (Lipinski definition) is 1. The van der Waals surface area contributed by atoms with E-state index in [0.29, 0.717) is 43.4 Å². The van der Waals surface area contributed by atoms with Gasteiger partial charge in [0, 0.05) is 24.7 Å². The predicted molar refractivity (Wildman–Crippen MR) is 92.1 cm³/mol. The number of rotatable bonds is 4. The Balaban J connectivity index is 1.83. The Labute approximate surface area is 149 Å². The average Bonchev–Trinajstić information content (AvgIpc) is 3.15. The van der Waals surface area contributed by atoms with Gasteiger partial charge >= 0.3 is 5.97 Å². The summed E-state index contributed by atoms with van der Waals surface area (Å²) < 4.78 is 10.9. The molecule has 2 aromatic rings. The van der Waals surface area contributed by atoms with Crippen LogP contribution in [0.15, 0.2) is 46.4 Å². The molecule has 0 bridgehead atoms. The van der Waals surface area contributed by atoms with Crippen LogP contribution in [0.3, 0.4) is 0 Å². The van der Waals surface area contributed by atoms with Crippen LogP contribution in [-0.4, -0.2) is 48.2 Å². The molecular weight excluding hydrogens is 336 g/mol. The molecule has 0 spiro atoms. The van der Waals surface area contributed by atoms with Gasteiger partial charge in [-0.2, -0.15) is 5.26 Å². The first kappa shape index (κ1) is 17.5. The van der Waals surface area contributed by atoms with Crippen LogP contribution >= 0.6 is 0 Å². The summed E-state index contributed by atoms with van der Waals surface area (Å²) >= 11 is 0. The standard InChI is InChI=1S/C19H16N2O5/c20-12-15(18(22)21-6-8-25-9-7-21)11-16-4-5-17(26-16)13-2-1-3-14(10-13)19(23)24/h1-5,10-11H,6-9H2,(H,23,24). The van der Waals surface area contributed by atoms with Gasteiger partial charge in [-0.05, 0) is 24.3 Å². The van der Waals surface area contributed by atoms with Crippen molar-refractivity contribution in [2.24, 2.45) is 0 Å². The van der Waals surface area contributed by atoms with Gasteiger partial charge in [-0.25, -0.2) is 4.79 Å². The molecule has 1 aliphatic rings. The smallest absolute Gasteiger partial charge is 0.335 e. The third kappa shape index (κ3) is 3.82. The van der Waals surface area contributed by atoms with Crippen molar-refractivity contribution in [1.82, 2.24) is 4.90 Å². The predicted octanol–water partition coefficient (Wildman–Crippen LogP) is 2.41. The zero-order valence-electron chi connectivity index (χ0n) is 13.8. The number of nitriles is 1. The lowest BCUT2D eigenvalue weighted by molar-refractivity contribution is -0.130. The SMILES string of the molecule is N#CC(=Cc1ccc(-c2cccc(C(=O)O)c2)o1)C(=O)N1CCOCC1. The summed E-state index contributed by atoms with van der Waals surface area (Å²) in [6, 6.07) is 11.6. The first-order chi connectivity index (χ1) is 12.6. The van der Waals surface area contributed by atoms with E-state index in [2.05, 4.69) is 0 Å². The second kappa shape index (κ2) is 7.68. The lowest BCUT2D eigenvalue weighted by Crippen LogP contribution is -2.41. The molecule has 0 unspecified atom stereocenters. The maximum atomic E-state index is 12.4. The number of ether oxygens (including phenoxy) is 1. The molecule has 1 fully saturated rings. The molecule has 7 nitrogen and oxygen atoms in total. The molecule has 0 atom stereocenters. The first-order valence-electron chi connectivity index (χ1n) is 8.01. The number of carboxylic acids is 1. The Morgan fingerprint density at radius 3 is 2.65 bits per heavy atom. The van der Waals surface area contributed by atoms with Crippen LogP contribution in [0.4, 0.5) is 0 Å². The van der Waals surface area contributed by atoms with Crippen LogP contribution in [0.25, 0.3) is 17.4 Å². The maximum absolute atomic E-state index is 12.4. The molecule has 1 aromatic carbocycles. The summed E-state index contributed by atoms with van der Waals surface area (Å²) in [5, 5.41) is 18.4. The lowest BCUT2D eigenvalue weighted by Gasteiger charge is -2.26. The number of aromatic carboxylic acids is 1. The highest BCUT2D eigenvalue weighted by molar-refractivity contribution is 6.01. The van der Waals surface area contributed by atoms with Gasteiger partial charge in [-0.1, -0.05) is 12.1 Å². The summed E-state index contributed by atoms with van der Waals surface area (Å²) in [4.78, 5) is 25.0. The van der Waals surface area contributed by atoms with Crippen molar-refractivity contribution in [1.29, 1.82) is 5.26 Å². The van der Waals surface area contributed by atoms with Gasteiger partial charge in [-0.15, -0.1) is 0 Å². The number of furan rings is 1. The molecule has 1 N–H and O–H groups in total. The van der Waals surface area contributed by atoms with Gasteiger partial charge in [0.25, 0.3) is 5.91 Å². The fourth-order valence-electron chi connectivity index (χ4n) is 2.61. The third-order valence-corrected chi connectivity index (χ3v) is 3.96. The van der Waals surface area contributed by atoms with Gasteiger partial charge in [0.15, 0.2) is 0 Å². The summed E-state index contributed by atoms with van der Waals surface area (Å²) in [5.41, 5.74) is 0.728. The minimum Gasteiger partial charge on any atom is -0.478 e. The van der Waals surface area contributed by atoms with Crippen molar-refractivity contribution in [3.05, 3.63) is 53.3 Å². The quantitative estimate of drug-likeness (QED) is 0.669. The number of hydrogen-bond acceptors (Lipinski definition) is 5. The van der Waals surface area contributed by atoms with Crippen LogP contribution in [0, 0.1) is 11.3 Å². The van der Waals surface area contributed by atoms with Crippen LogP contribution in [-0.2, 0) is 9.53 Å². The number of nitrogens with zero attached hydrogens (tertiary/aromatic N) is 2. The van der Waals surface area contributed by atoms with Crippen molar-refractivity contribution in [2.45, 2.75) is 0 Å². The number of carboxylic acid groups (broad SMARTS) is 1. The number of amides is 1. The van der Waals surface area contributed by atoms with Gasteiger partial charge in [0.05, 0.1) is 18.8 Å². The Hall–Kier alpha value is -3.37. The Morgan fingerprint density at radius 2 is 1.96 bits per heavy atom. The van der Waals surface area contributed by atoms with Crippen molar-refractivity contribution in [2.75, 3.05) is 26.3 Å². The van der Waals surface area contributed by atoms with Gasteiger partial charge in [0.1, 0.15) is 23.2 Å². The molecule has 0 aliphatic carbocycles. The Morgan fingerprint density at radius 1 is 1.19 bits per heavy atom. The summed E-state index contributed by atoms with van der Waals surface area (Å²) in [5.74, 6) is -0.586. The van der Waals surface area contributed by atoms with E-state index < -0.39 is 5.97 Å².